The number of amides is 1. The molecule has 1 heterocycles. The van der Waals surface area contributed by atoms with Gasteiger partial charge in [0.1, 0.15) is 0 Å². The Balaban J connectivity index is 1.62. The molecule has 1 fully saturated rings. The van der Waals surface area contributed by atoms with Crippen LogP contribution in [0.5, 0.6) is 0 Å². The molecule has 0 aromatic heterocycles. The van der Waals surface area contributed by atoms with Crippen molar-refractivity contribution in [2.24, 2.45) is 11.7 Å². The predicted octanol–water partition coefficient (Wildman–Crippen LogP) is 3.26. The number of hydrogen-bond donors (Lipinski definition) is 2. The quantitative estimate of drug-likeness (QED) is 0.863. The van der Waals surface area contributed by atoms with Crippen molar-refractivity contribution in [2.75, 3.05) is 31.5 Å². The average molecular weight is 358 g/mol. The average Bonchev–Trinajstić information content (AvgIpc) is 3.01. The summed E-state index contributed by atoms with van der Waals surface area (Å²) in [6, 6.07) is 16.0. The molecule has 3 N–H and O–H groups in total. The van der Waals surface area contributed by atoms with Gasteiger partial charge in [0.05, 0.1) is 17.3 Å². The molecule has 0 radical (unpaired) electrons. The van der Waals surface area contributed by atoms with Crippen molar-refractivity contribution < 1.29 is 4.79 Å². The number of rotatable bonds is 5. The first-order valence-electron chi connectivity index (χ1n) is 8.60. The van der Waals surface area contributed by atoms with Gasteiger partial charge >= 0.3 is 0 Å². The van der Waals surface area contributed by atoms with Gasteiger partial charge in [-0.25, -0.2) is 0 Å². The van der Waals surface area contributed by atoms with E-state index in [2.05, 4.69) is 34.5 Å². The maximum absolute atomic E-state index is 12.4. The number of carbonyl (C=O) groups is 1. The molecule has 2 atom stereocenters. The van der Waals surface area contributed by atoms with Crippen LogP contribution >= 0.6 is 11.6 Å². The first kappa shape index (κ1) is 17.9. The Hall–Kier alpha value is -1.88. The molecule has 0 spiro atoms. The smallest absolute Gasteiger partial charge is 0.238 e. The Morgan fingerprint density at radius 3 is 2.68 bits per heavy atom. The van der Waals surface area contributed by atoms with Gasteiger partial charge < -0.3 is 11.1 Å². The van der Waals surface area contributed by atoms with Crippen LogP contribution in [-0.2, 0) is 4.79 Å². The van der Waals surface area contributed by atoms with Crippen molar-refractivity contribution in [3.05, 3.63) is 64.7 Å². The fourth-order valence-electron chi connectivity index (χ4n) is 3.52. The third-order valence-electron chi connectivity index (χ3n) is 4.81. The van der Waals surface area contributed by atoms with Gasteiger partial charge in [-0.05, 0) is 42.6 Å². The number of aryl methyl sites for hydroxylation is 1. The summed E-state index contributed by atoms with van der Waals surface area (Å²) in [7, 11) is 0. The molecular weight excluding hydrogens is 334 g/mol. The van der Waals surface area contributed by atoms with E-state index in [1.165, 1.54) is 5.56 Å². The zero-order valence-corrected chi connectivity index (χ0v) is 15.2. The molecule has 2 aromatic rings. The summed E-state index contributed by atoms with van der Waals surface area (Å²) in [4.78, 5) is 14.6. The highest BCUT2D eigenvalue weighted by atomic mass is 35.5. The van der Waals surface area contributed by atoms with Gasteiger partial charge in [0.25, 0.3) is 0 Å². The lowest BCUT2D eigenvalue weighted by atomic mass is 9.89. The van der Waals surface area contributed by atoms with Crippen LogP contribution in [0.25, 0.3) is 0 Å². The molecular formula is C20H24ClN3O. The number of nitrogens with two attached hydrogens (primary N) is 1. The molecule has 0 aliphatic carbocycles. The summed E-state index contributed by atoms with van der Waals surface area (Å²) in [5.74, 6) is 0.704. The topological polar surface area (TPSA) is 58.4 Å². The van der Waals surface area contributed by atoms with Crippen LogP contribution in [0.4, 0.5) is 5.69 Å². The van der Waals surface area contributed by atoms with E-state index in [4.69, 9.17) is 17.3 Å². The lowest BCUT2D eigenvalue weighted by molar-refractivity contribution is -0.117. The van der Waals surface area contributed by atoms with E-state index in [1.54, 1.807) is 0 Å². The standard InChI is InChI=1S/C20H24ClN3O/c1-14-7-8-19(18(21)9-14)23-20(25)13-24-11-16(10-22)17(12-24)15-5-3-2-4-6-15/h2-9,16-17H,10-13,22H2,1H3,(H,23,25)/t16-,17+/m1/s1. The molecule has 1 aliphatic rings. The monoisotopic (exact) mass is 357 g/mol. The molecule has 0 unspecified atom stereocenters. The highest BCUT2D eigenvalue weighted by Crippen LogP contribution is 2.32. The molecule has 0 bridgehead atoms. The Kier molecular flexibility index (Phi) is 5.74. The third kappa shape index (κ3) is 4.40. The highest BCUT2D eigenvalue weighted by molar-refractivity contribution is 6.33. The van der Waals surface area contributed by atoms with Gasteiger partial charge in [0, 0.05) is 19.0 Å². The van der Waals surface area contributed by atoms with Crippen LogP contribution in [-0.4, -0.2) is 37.0 Å². The lowest BCUT2D eigenvalue weighted by Gasteiger charge is -2.17. The van der Waals surface area contributed by atoms with Crippen LogP contribution in [0.15, 0.2) is 48.5 Å². The summed E-state index contributed by atoms with van der Waals surface area (Å²) in [5.41, 5.74) is 8.99. The number of anilines is 1. The van der Waals surface area contributed by atoms with E-state index < -0.39 is 0 Å². The molecule has 132 valence electrons. The zero-order chi connectivity index (χ0) is 17.8. The number of carbonyl (C=O) groups excluding carboxylic acids is 1. The van der Waals surface area contributed by atoms with Crippen LogP contribution in [0, 0.1) is 12.8 Å². The Morgan fingerprint density at radius 2 is 2.00 bits per heavy atom. The summed E-state index contributed by atoms with van der Waals surface area (Å²) in [6.07, 6.45) is 0. The molecule has 1 saturated heterocycles. The molecule has 4 nitrogen and oxygen atoms in total. The Morgan fingerprint density at radius 1 is 1.24 bits per heavy atom. The maximum Gasteiger partial charge on any atom is 0.238 e. The zero-order valence-electron chi connectivity index (χ0n) is 14.4. The van der Waals surface area contributed by atoms with Crippen molar-refractivity contribution in [2.45, 2.75) is 12.8 Å². The first-order chi connectivity index (χ1) is 12.1. The van der Waals surface area contributed by atoms with Gasteiger partial charge in [-0.2, -0.15) is 0 Å². The maximum atomic E-state index is 12.4. The van der Waals surface area contributed by atoms with Crippen LogP contribution in [0.1, 0.15) is 17.0 Å². The van der Waals surface area contributed by atoms with Gasteiger partial charge in [0.15, 0.2) is 0 Å². The van der Waals surface area contributed by atoms with Gasteiger partial charge in [0.2, 0.25) is 5.91 Å². The lowest BCUT2D eigenvalue weighted by Crippen LogP contribution is -2.32. The molecule has 0 saturated carbocycles. The number of likely N-dealkylation sites (tertiary alicyclic amines) is 1. The van der Waals surface area contributed by atoms with Crippen molar-refractivity contribution in [3.8, 4) is 0 Å². The summed E-state index contributed by atoms with van der Waals surface area (Å²) in [6.45, 7) is 4.63. The van der Waals surface area contributed by atoms with E-state index in [9.17, 15) is 4.79 Å². The molecule has 25 heavy (non-hydrogen) atoms. The number of benzene rings is 2. The van der Waals surface area contributed by atoms with Crippen molar-refractivity contribution >= 4 is 23.2 Å². The molecule has 3 rings (SSSR count). The van der Waals surface area contributed by atoms with Crippen molar-refractivity contribution in [1.82, 2.24) is 4.90 Å². The second-order valence-corrected chi connectivity index (χ2v) is 7.15. The fourth-order valence-corrected chi connectivity index (χ4v) is 3.80. The molecule has 2 aromatic carbocycles. The van der Waals surface area contributed by atoms with Crippen LogP contribution < -0.4 is 11.1 Å². The Bertz CT molecular complexity index is 735. The highest BCUT2D eigenvalue weighted by Gasteiger charge is 2.33. The van der Waals surface area contributed by atoms with Gasteiger partial charge in [-0.15, -0.1) is 0 Å². The summed E-state index contributed by atoms with van der Waals surface area (Å²) in [5, 5.41) is 3.47. The fraction of sp³-hybridized carbons (Fsp3) is 0.350. The minimum absolute atomic E-state index is 0.0461. The van der Waals surface area contributed by atoms with Gasteiger partial charge in [-0.1, -0.05) is 48.0 Å². The third-order valence-corrected chi connectivity index (χ3v) is 5.13. The summed E-state index contributed by atoms with van der Waals surface area (Å²) < 4.78 is 0. The summed E-state index contributed by atoms with van der Waals surface area (Å²) >= 11 is 6.19. The second-order valence-electron chi connectivity index (χ2n) is 6.74. The predicted molar refractivity (Wildman–Crippen MR) is 103 cm³/mol. The van der Waals surface area contributed by atoms with Crippen molar-refractivity contribution in [3.63, 3.8) is 0 Å². The molecule has 5 heteroatoms. The Labute approximate surface area is 154 Å². The first-order valence-corrected chi connectivity index (χ1v) is 8.98. The molecule has 1 aliphatic heterocycles. The number of halogens is 1. The van der Waals surface area contributed by atoms with E-state index in [-0.39, 0.29) is 5.91 Å². The van der Waals surface area contributed by atoms with Crippen molar-refractivity contribution in [1.29, 1.82) is 0 Å². The minimum atomic E-state index is -0.0461. The number of nitrogens with one attached hydrogen (secondary N) is 1. The van der Waals surface area contributed by atoms with E-state index >= 15 is 0 Å². The second kappa shape index (κ2) is 8.00. The van der Waals surface area contributed by atoms with E-state index in [1.807, 2.05) is 31.2 Å². The van der Waals surface area contributed by atoms with Crippen LogP contribution in [0.3, 0.4) is 0 Å². The number of nitrogens with zero attached hydrogens (tertiary/aromatic N) is 1. The van der Waals surface area contributed by atoms with E-state index in [0.29, 0.717) is 35.6 Å². The SMILES string of the molecule is Cc1ccc(NC(=O)CN2C[C@@H](CN)[C@H](c3ccccc3)C2)c(Cl)c1. The largest absolute Gasteiger partial charge is 0.330 e. The number of hydrogen-bond acceptors (Lipinski definition) is 3. The van der Waals surface area contributed by atoms with Crippen LogP contribution in [0.2, 0.25) is 5.02 Å². The van der Waals surface area contributed by atoms with Gasteiger partial charge in [-0.3, -0.25) is 9.69 Å². The van der Waals surface area contributed by atoms with E-state index in [0.717, 1.165) is 18.7 Å². The molecule has 1 amide bonds. The normalized spacial score (nSPS) is 20.6. The minimum Gasteiger partial charge on any atom is -0.330 e.